The Morgan fingerprint density at radius 3 is 2.71 bits per heavy atom. The summed E-state index contributed by atoms with van der Waals surface area (Å²) < 4.78 is 2.64. The predicted molar refractivity (Wildman–Crippen MR) is 56.3 cm³/mol. The fraction of sp³-hybridized carbons (Fsp3) is 0.222. The topological polar surface area (TPSA) is 43.6 Å². The van der Waals surface area contributed by atoms with Crippen molar-refractivity contribution >= 4 is 15.9 Å². The Morgan fingerprint density at radius 2 is 2.07 bits per heavy atom. The molecule has 0 bridgehead atoms. The van der Waals surface area contributed by atoms with Crippen molar-refractivity contribution in [1.82, 2.24) is 19.7 Å². The van der Waals surface area contributed by atoms with Crippen molar-refractivity contribution in [2.45, 2.75) is 13.8 Å². The Balaban J connectivity index is 2.55. The van der Waals surface area contributed by atoms with Crippen molar-refractivity contribution in [2.24, 2.45) is 0 Å². The molecule has 0 aromatic carbocycles. The molecular weight excluding hydrogens is 244 g/mol. The number of aromatic nitrogens is 4. The standard InChI is InChI=1S/C9H9BrN4/c1-6-3-11-7(2)9(13-6)14-5-8(10)4-12-14/h3-5H,1-2H3. The molecule has 0 N–H and O–H groups in total. The molecule has 0 aliphatic carbocycles. The Kier molecular flexibility index (Phi) is 2.33. The van der Waals surface area contributed by atoms with Gasteiger partial charge in [0.15, 0.2) is 5.82 Å². The first-order chi connectivity index (χ1) is 6.66. The quantitative estimate of drug-likeness (QED) is 0.781. The van der Waals surface area contributed by atoms with Crippen LogP contribution in [0.25, 0.3) is 5.82 Å². The molecule has 0 amide bonds. The molecule has 2 aromatic rings. The van der Waals surface area contributed by atoms with E-state index in [1.807, 2.05) is 20.0 Å². The minimum absolute atomic E-state index is 0.774. The maximum absolute atomic E-state index is 4.37. The summed E-state index contributed by atoms with van der Waals surface area (Å²) in [5, 5.41) is 4.16. The molecule has 0 unspecified atom stereocenters. The third kappa shape index (κ3) is 1.68. The number of rotatable bonds is 1. The van der Waals surface area contributed by atoms with E-state index in [0.29, 0.717) is 0 Å². The Morgan fingerprint density at radius 1 is 1.29 bits per heavy atom. The van der Waals surface area contributed by atoms with Crippen molar-refractivity contribution in [3.05, 3.63) is 34.5 Å². The maximum Gasteiger partial charge on any atom is 0.175 e. The molecule has 4 nitrogen and oxygen atoms in total. The number of nitrogens with zero attached hydrogens (tertiary/aromatic N) is 4. The van der Waals surface area contributed by atoms with Gasteiger partial charge in [-0.25, -0.2) is 9.67 Å². The highest BCUT2D eigenvalue weighted by Gasteiger charge is 2.05. The van der Waals surface area contributed by atoms with Crippen molar-refractivity contribution in [1.29, 1.82) is 0 Å². The first-order valence-corrected chi connectivity index (χ1v) is 4.97. The average molecular weight is 253 g/mol. The fourth-order valence-corrected chi connectivity index (χ4v) is 1.44. The lowest BCUT2D eigenvalue weighted by Crippen LogP contribution is -2.03. The predicted octanol–water partition coefficient (Wildman–Crippen LogP) is 2.04. The zero-order valence-electron chi connectivity index (χ0n) is 7.90. The first-order valence-electron chi connectivity index (χ1n) is 4.17. The molecule has 2 heterocycles. The van der Waals surface area contributed by atoms with Crippen LogP contribution in [0.2, 0.25) is 0 Å². The number of hydrogen-bond donors (Lipinski definition) is 0. The lowest BCUT2D eigenvalue weighted by Gasteiger charge is -2.03. The van der Waals surface area contributed by atoms with Crippen molar-refractivity contribution in [3.63, 3.8) is 0 Å². The van der Waals surface area contributed by atoms with Crippen molar-refractivity contribution in [3.8, 4) is 5.82 Å². The molecule has 2 rings (SSSR count). The molecule has 0 radical (unpaired) electrons. The molecular formula is C9H9BrN4. The number of aryl methyl sites for hydroxylation is 2. The van der Waals surface area contributed by atoms with Crippen LogP contribution >= 0.6 is 15.9 Å². The third-order valence-electron chi connectivity index (χ3n) is 1.82. The molecule has 0 fully saturated rings. The Bertz CT molecular complexity index is 464. The molecule has 0 saturated heterocycles. The minimum atomic E-state index is 0.774. The molecule has 0 atom stereocenters. The van der Waals surface area contributed by atoms with E-state index >= 15 is 0 Å². The van der Waals surface area contributed by atoms with Crippen LogP contribution in [0, 0.1) is 13.8 Å². The Hall–Kier alpha value is -1.23. The molecule has 0 aliphatic rings. The SMILES string of the molecule is Cc1cnc(C)c(-n2cc(Br)cn2)n1. The fourth-order valence-electron chi connectivity index (χ4n) is 1.16. The van der Waals surface area contributed by atoms with Gasteiger partial charge in [0.05, 0.1) is 22.1 Å². The van der Waals surface area contributed by atoms with E-state index in [2.05, 4.69) is 31.0 Å². The van der Waals surface area contributed by atoms with Crippen LogP contribution in [-0.2, 0) is 0 Å². The molecule has 0 saturated carbocycles. The van der Waals surface area contributed by atoms with Crippen LogP contribution in [0.5, 0.6) is 0 Å². The Labute approximate surface area is 90.1 Å². The maximum atomic E-state index is 4.37. The van der Waals surface area contributed by atoms with Gasteiger partial charge in [0.25, 0.3) is 0 Å². The van der Waals surface area contributed by atoms with Crippen molar-refractivity contribution in [2.75, 3.05) is 0 Å². The van der Waals surface area contributed by atoms with E-state index in [9.17, 15) is 0 Å². The lowest BCUT2D eigenvalue weighted by atomic mass is 10.4. The van der Waals surface area contributed by atoms with Gasteiger partial charge in [0, 0.05) is 12.4 Å². The van der Waals surface area contributed by atoms with Gasteiger partial charge in [0.1, 0.15) is 0 Å². The number of halogens is 1. The summed E-state index contributed by atoms with van der Waals surface area (Å²) in [6, 6.07) is 0. The number of hydrogen-bond acceptors (Lipinski definition) is 3. The van der Waals surface area contributed by atoms with Crippen LogP contribution in [0.4, 0.5) is 0 Å². The van der Waals surface area contributed by atoms with E-state index in [4.69, 9.17) is 0 Å². The monoisotopic (exact) mass is 252 g/mol. The largest absolute Gasteiger partial charge is 0.256 e. The summed E-state index contributed by atoms with van der Waals surface area (Å²) in [6.07, 6.45) is 5.33. The summed E-state index contributed by atoms with van der Waals surface area (Å²) in [4.78, 5) is 8.60. The smallest absolute Gasteiger partial charge is 0.175 e. The van der Waals surface area contributed by atoms with Gasteiger partial charge in [0.2, 0.25) is 0 Å². The van der Waals surface area contributed by atoms with Crippen LogP contribution in [0.1, 0.15) is 11.4 Å². The summed E-state index contributed by atoms with van der Waals surface area (Å²) in [5.41, 5.74) is 1.75. The van der Waals surface area contributed by atoms with Crippen molar-refractivity contribution < 1.29 is 0 Å². The van der Waals surface area contributed by atoms with Gasteiger partial charge in [-0.1, -0.05) is 0 Å². The molecule has 14 heavy (non-hydrogen) atoms. The molecule has 0 spiro atoms. The average Bonchev–Trinajstić information content (AvgIpc) is 2.56. The van der Waals surface area contributed by atoms with Crippen LogP contribution in [0.3, 0.4) is 0 Å². The normalized spacial score (nSPS) is 10.5. The molecule has 5 heteroatoms. The van der Waals surface area contributed by atoms with Gasteiger partial charge >= 0.3 is 0 Å². The van der Waals surface area contributed by atoms with E-state index in [0.717, 1.165) is 21.7 Å². The summed E-state index contributed by atoms with van der Waals surface area (Å²) >= 11 is 3.34. The van der Waals surface area contributed by atoms with Gasteiger partial charge in [-0.3, -0.25) is 4.98 Å². The summed E-state index contributed by atoms with van der Waals surface area (Å²) in [7, 11) is 0. The second-order valence-corrected chi connectivity index (χ2v) is 3.94. The second kappa shape index (κ2) is 3.49. The molecule has 2 aromatic heterocycles. The van der Waals surface area contributed by atoms with E-state index in [1.54, 1.807) is 17.1 Å². The first kappa shape index (κ1) is 9.33. The molecule has 0 aliphatic heterocycles. The second-order valence-electron chi connectivity index (χ2n) is 3.02. The highest BCUT2D eigenvalue weighted by atomic mass is 79.9. The van der Waals surface area contributed by atoms with E-state index in [-0.39, 0.29) is 0 Å². The van der Waals surface area contributed by atoms with E-state index in [1.165, 1.54) is 0 Å². The third-order valence-corrected chi connectivity index (χ3v) is 2.23. The van der Waals surface area contributed by atoms with Gasteiger partial charge in [-0.2, -0.15) is 5.10 Å². The van der Waals surface area contributed by atoms with E-state index < -0.39 is 0 Å². The highest BCUT2D eigenvalue weighted by Crippen LogP contribution is 2.12. The minimum Gasteiger partial charge on any atom is -0.256 e. The van der Waals surface area contributed by atoms with Crippen LogP contribution in [0.15, 0.2) is 23.1 Å². The lowest BCUT2D eigenvalue weighted by molar-refractivity contribution is 0.816. The van der Waals surface area contributed by atoms with Gasteiger partial charge < -0.3 is 0 Å². The van der Waals surface area contributed by atoms with Gasteiger partial charge in [-0.05, 0) is 29.8 Å². The molecule has 72 valence electrons. The highest BCUT2D eigenvalue weighted by molar-refractivity contribution is 9.10. The van der Waals surface area contributed by atoms with Gasteiger partial charge in [-0.15, -0.1) is 0 Å². The van der Waals surface area contributed by atoms with Crippen LogP contribution < -0.4 is 0 Å². The summed E-state index contributed by atoms with van der Waals surface area (Å²) in [5.74, 6) is 0.774. The zero-order chi connectivity index (χ0) is 10.1. The van der Waals surface area contributed by atoms with Crippen LogP contribution in [-0.4, -0.2) is 19.7 Å². The summed E-state index contributed by atoms with van der Waals surface area (Å²) in [6.45, 7) is 3.83. The zero-order valence-corrected chi connectivity index (χ0v) is 9.48.